The molecular weight excluding hydrogens is 294 g/mol. The Balaban J connectivity index is 1.80. The predicted octanol–water partition coefficient (Wildman–Crippen LogP) is 2.41. The fourth-order valence-electron chi connectivity index (χ4n) is 2.16. The van der Waals surface area contributed by atoms with Crippen molar-refractivity contribution < 1.29 is 15.0 Å². The van der Waals surface area contributed by atoms with E-state index < -0.39 is 0 Å². The van der Waals surface area contributed by atoms with Gasteiger partial charge in [0.05, 0.1) is 17.3 Å². The zero-order valence-corrected chi connectivity index (χ0v) is 12.0. The van der Waals surface area contributed by atoms with Crippen LogP contribution in [-0.4, -0.2) is 27.3 Å². The monoisotopic (exact) mass is 307 g/mol. The Morgan fingerprint density at radius 1 is 1.13 bits per heavy atom. The van der Waals surface area contributed by atoms with Crippen LogP contribution < -0.4 is 5.43 Å². The predicted molar refractivity (Wildman–Crippen MR) is 86.6 cm³/mol. The Morgan fingerprint density at radius 2 is 2.00 bits per heavy atom. The van der Waals surface area contributed by atoms with E-state index in [1.165, 1.54) is 24.4 Å². The molecule has 3 N–H and O–H groups in total. The van der Waals surface area contributed by atoms with Gasteiger partial charge >= 0.3 is 0 Å². The average Bonchev–Trinajstić information content (AvgIpc) is 2.56. The molecule has 0 bridgehead atoms. The van der Waals surface area contributed by atoms with Crippen LogP contribution >= 0.6 is 0 Å². The molecule has 0 saturated heterocycles. The lowest BCUT2D eigenvalue weighted by Gasteiger charge is -2.04. The van der Waals surface area contributed by atoms with E-state index in [0.29, 0.717) is 11.1 Å². The number of phenols is 2. The lowest BCUT2D eigenvalue weighted by Crippen LogP contribution is -2.18. The minimum atomic E-state index is -0.377. The Bertz CT molecular complexity index is 901. The summed E-state index contributed by atoms with van der Waals surface area (Å²) in [6, 6.07) is 12.9. The van der Waals surface area contributed by atoms with E-state index in [4.69, 9.17) is 0 Å². The van der Waals surface area contributed by atoms with Crippen molar-refractivity contribution >= 4 is 23.0 Å². The van der Waals surface area contributed by atoms with E-state index in [1.807, 2.05) is 12.1 Å². The minimum Gasteiger partial charge on any atom is -0.508 e. The maximum Gasteiger partial charge on any atom is 0.272 e. The van der Waals surface area contributed by atoms with Gasteiger partial charge in [0, 0.05) is 23.2 Å². The lowest BCUT2D eigenvalue weighted by atomic mass is 10.1. The number of fused-ring (bicyclic) bond motifs is 1. The van der Waals surface area contributed by atoms with Crippen LogP contribution in [0.25, 0.3) is 10.9 Å². The highest BCUT2D eigenvalue weighted by Gasteiger charge is 2.09. The number of aromatic nitrogens is 1. The molecule has 0 saturated carbocycles. The summed E-state index contributed by atoms with van der Waals surface area (Å²) in [6.45, 7) is 0. The molecule has 1 heterocycles. The van der Waals surface area contributed by atoms with Gasteiger partial charge in [-0.3, -0.25) is 9.78 Å². The molecule has 0 atom stereocenters. The van der Waals surface area contributed by atoms with Crippen LogP contribution in [0.2, 0.25) is 0 Å². The largest absolute Gasteiger partial charge is 0.508 e. The van der Waals surface area contributed by atoms with Crippen LogP contribution in [0, 0.1) is 0 Å². The highest BCUT2D eigenvalue weighted by molar-refractivity contribution is 6.06. The van der Waals surface area contributed by atoms with Gasteiger partial charge in [0.15, 0.2) is 0 Å². The quantitative estimate of drug-likeness (QED) is 0.511. The SMILES string of the molecule is O=C(N/N=C/c1ccc(O)cc1O)c1cccc2ncccc12. The van der Waals surface area contributed by atoms with Crippen LogP contribution in [0.1, 0.15) is 15.9 Å². The summed E-state index contributed by atoms with van der Waals surface area (Å²) in [7, 11) is 0. The summed E-state index contributed by atoms with van der Waals surface area (Å²) in [5, 5.41) is 23.4. The number of carbonyl (C=O) groups excluding carboxylic acids is 1. The van der Waals surface area contributed by atoms with Gasteiger partial charge in [0.25, 0.3) is 5.91 Å². The highest BCUT2D eigenvalue weighted by atomic mass is 16.3. The average molecular weight is 307 g/mol. The number of pyridine rings is 1. The number of hydrogen-bond donors (Lipinski definition) is 3. The first-order chi connectivity index (χ1) is 11.1. The summed E-state index contributed by atoms with van der Waals surface area (Å²) in [5.74, 6) is -0.553. The Hall–Kier alpha value is -3.41. The molecule has 0 fully saturated rings. The summed E-state index contributed by atoms with van der Waals surface area (Å²) in [5.41, 5.74) is 3.97. The highest BCUT2D eigenvalue weighted by Crippen LogP contribution is 2.21. The molecule has 114 valence electrons. The molecule has 0 aliphatic rings. The topological polar surface area (TPSA) is 94.8 Å². The molecule has 0 spiro atoms. The standard InChI is InChI=1S/C17H13N3O3/c21-12-7-6-11(16(22)9-12)10-19-20-17(23)14-3-1-5-15-13(14)4-2-8-18-15/h1-10,21-22H,(H,20,23)/b19-10+. The maximum atomic E-state index is 12.2. The number of aromatic hydroxyl groups is 2. The van der Waals surface area contributed by atoms with Crippen molar-refractivity contribution in [3.05, 3.63) is 65.9 Å². The molecule has 2 aromatic carbocycles. The smallest absolute Gasteiger partial charge is 0.272 e. The van der Waals surface area contributed by atoms with Crippen molar-refractivity contribution in [1.29, 1.82) is 0 Å². The van der Waals surface area contributed by atoms with Crippen molar-refractivity contribution in [3.8, 4) is 11.5 Å². The van der Waals surface area contributed by atoms with Crippen molar-refractivity contribution in [1.82, 2.24) is 10.4 Å². The van der Waals surface area contributed by atoms with Crippen LogP contribution in [0.15, 0.2) is 59.8 Å². The number of amides is 1. The zero-order chi connectivity index (χ0) is 16.2. The van der Waals surface area contributed by atoms with Crippen molar-refractivity contribution in [3.63, 3.8) is 0 Å². The summed E-state index contributed by atoms with van der Waals surface area (Å²) >= 11 is 0. The second-order valence-electron chi connectivity index (χ2n) is 4.82. The van der Waals surface area contributed by atoms with Gasteiger partial charge in [-0.15, -0.1) is 0 Å². The van der Waals surface area contributed by atoms with E-state index >= 15 is 0 Å². The van der Waals surface area contributed by atoms with Gasteiger partial charge in [-0.25, -0.2) is 5.43 Å². The molecule has 0 radical (unpaired) electrons. The van der Waals surface area contributed by atoms with E-state index in [0.717, 1.165) is 10.9 Å². The number of hydrogen-bond acceptors (Lipinski definition) is 5. The number of nitrogens with zero attached hydrogens (tertiary/aromatic N) is 2. The summed E-state index contributed by atoms with van der Waals surface area (Å²) < 4.78 is 0. The fraction of sp³-hybridized carbons (Fsp3) is 0. The summed E-state index contributed by atoms with van der Waals surface area (Å²) in [4.78, 5) is 16.4. The second-order valence-corrected chi connectivity index (χ2v) is 4.82. The van der Waals surface area contributed by atoms with E-state index in [1.54, 1.807) is 24.4 Å². The summed E-state index contributed by atoms with van der Waals surface area (Å²) in [6.07, 6.45) is 2.96. The van der Waals surface area contributed by atoms with Crippen molar-refractivity contribution in [2.75, 3.05) is 0 Å². The lowest BCUT2D eigenvalue weighted by molar-refractivity contribution is 0.0956. The van der Waals surface area contributed by atoms with Crippen molar-refractivity contribution in [2.45, 2.75) is 0 Å². The van der Waals surface area contributed by atoms with Crippen LogP contribution in [0.4, 0.5) is 0 Å². The van der Waals surface area contributed by atoms with Gasteiger partial charge < -0.3 is 10.2 Å². The molecule has 0 unspecified atom stereocenters. The molecule has 1 amide bonds. The van der Waals surface area contributed by atoms with Crippen LogP contribution in [-0.2, 0) is 0 Å². The van der Waals surface area contributed by atoms with Gasteiger partial charge in [0.2, 0.25) is 0 Å². The number of nitrogens with one attached hydrogen (secondary N) is 1. The van der Waals surface area contributed by atoms with Gasteiger partial charge in [0.1, 0.15) is 11.5 Å². The molecule has 3 aromatic rings. The number of hydrazone groups is 1. The first kappa shape index (κ1) is 14.5. The number of phenolic OH excluding ortho intramolecular Hbond substituents is 2. The van der Waals surface area contributed by atoms with E-state index in [9.17, 15) is 15.0 Å². The van der Waals surface area contributed by atoms with Crippen LogP contribution in [0.3, 0.4) is 0 Å². The molecular formula is C17H13N3O3. The third-order valence-electron chi connectivity index (χ3n) is 3.27. The number of rotatable bonds is 3. The normalized spacial score (nSPS) is 11.0. The van der Waals surface area contributed by atoms with Gasteiger partial charge in [-0.2, -0.15) is 5.10 Å². The third-order valence-corrected chi connectivity index (χ3v) is 3.27. The molecule has 6 heteroatoms. The van der Waals surface area contributed by atoms with E-state index in [-0.39, 0.29) is 17.4 Å². The third kappa shape index (κ3) is 3.11. The molecule has 0 aliphatic carbocycles. The maximum absolute atomic E-state index is 12.2. The minimum absolute atomic E-state index is 0.0491. The molecule has 23 heavy (non-hydrogen) atoms. The number of carbonyl (C=O) groups is 1. The van der Waals surface area contributed by atoms with Gasteiger partial charge in [-0.1, -0.05) is 12.1 Å². The molecule has 0 aliphatic heterocycles. The molecule has 1 aromatic heterocycles. The first-order valence-electron chi connectivity index (χ1n) is 6.84. The van der Waals surface area contributed by atoms with Crippen LogP contribution in [0.5, 0.6) is 11.5 Å². The Morgan fingerprint density at radius 3 is 2.83 bits per heavy atom. The first-order valence-corrected chi connectivity index (χ1v) is 6.84. The Kier molecular flexibility index (Phi) is 3.88. The molecule has 6 nitrogen and oxygen atoms in total. The van der Waals surface area contributed by atoms with Gasteiger partial charge in [-0.05, 0) is 30.3 Å². The fourth-order valence-corrected chi connectivity index (χ4v) is 2.16. The Labute approximate surface area is 131 Å². The molecule has 3 rings (SSSR count). The van der Waals surface area contributed by atoms with E-state index in [2.05, 4.69) is 15.5 Å². The zero-order valence-electron chi connectivity index (χ0n) is 12.0. The van der Waals surface area contributed by atoms with Crippen molar-refractivity contribution in [2.24, 2.45) is 5.10 Å². The second kappa shape index (κ2) is 6.15. The number of benzene rings is 2.